The summed E-state index contributed by atoms with van der Waals surface area (Å²) in [6.07, 6.45) is 0. The van der Waals surface area contributed by atoms with Gasteiger partial charge in [-0.05, 0) is 37.4 Å². The molecule has 0 atom stereocenters. The third-order valence-corrected chi connectivity index (χ3v) is 3.64. The van der Waals surface area contributed by atoms with Gasteiger partial charge in [0.1, 0.15) is 0 Å². The number of aromatic amines is 1. The molecule has 0 saturated carbocycles. The van der Waals surface area contributed by atoms with Crippen molar-refractivity contribution in [1.29, 1.82) is 0 Å². The Labute approximate surface area is 86.4 Å². The largest absolute Gasteiger partial charge is 0.359 e. The van der Waals surface area contributed by atoms with Crippen molar-refractivity contribution in [2.24, 2.45) is 0 Å². The smallest absolute Gasteiger partial charge is 0.0470 e. The second-order valence-corrected chi connectivity index (χ2v) is 5.01. The minimum atomic E-state index is 1.23. The summed E-state index contributed by atoms with van der Waals surface area (Å²) in [5.74, 6) is 0. The fraction of sp³-hybridized carbons (Fsp3) is 0.167. The van der Waals surface area contributed by atoms with Gasteiger partial charge in [0.05, 0.1) is 0 Å². The maximum absolute atomic E-state index is 3.37. The van der Waals surface area contributed by atoms with Crippen LogP contribution in [0.1, 0.15) is 10.6 Å². The molecule has 0 fully saturated rings. The molecule has 0 aliphatic rings. The number of rotatable bonds is 0. The Morgan fingerprint density at radius 2 is 2.00 bits per heavy atom. The molecule has 1 nitrogen and oxygen atoms in total. The third-order valence-electron chi connectivity index (χ3n) is 2.54. The molecule has 0 unspecified atom stereocenters. The highest BCUT2D eigenvalue weighted by atomic mass is 32.1. The standard InChI is InChI=1S/C12H11NS/c1-7-5-10-11(13-7)4-3-9-6-8(2)14-12(9)10/h3-6,13H,1-2H3. The number of hydrogen-bond acceptors (Lipinski definition) is 1. The lowest BCUT2D eigenvalue weighted by Crippen LogP contribution is -1.67. The van der Waals surface area contributed by atoms with E-state index >= 15 is 0 Å². The van der Waals surface area contributed by atoms with Crippen LogP contribution in [0.3, 0.4) is 0 Å². The van der Waals surface area contributed by atoms with E-state index in [1.165, 1.54) is 31.6 Å². The van der Waals surface area contributed by atoms with Crippen LogP contribution in [-0.2, 0) is 0 Å². The van der Waals surface area contributed by atoms with Crippen LogP contribution in [0.2, 0.25) is 0 Å². The lowest BCUT2D eigenvalue weighted by Gasteiger charge is -1.90. The number of aryl methyl sites for hydroxylation is 2. The molecule has 3 rings (SSSR count). The predicted molar refractivity (Wildman–Crippen MR) is 63.2 cm³/mol. The predicted octanol–water partition coefficient (Wildman–Crippen LogP) is 4.00. The van der Waals surface area contributed by atoms with E-state index in [9.17, 15) is 0 Å². The van der Waals surface area contributed by atoms with Gasteiger partial charge >= 0.3 is 0 Å². The first-order valence-electron chi connectivity index (χ1n) is 4.72. The number of aromatic nitrogens is 1. The van der Waals surface area contributed by atoms with Crippen LogP contribution >= 0.6 is 11.3 Å². The molecule has 0 bridgehead atoms. The van der Waals surface area contributed by atoms with E-state index < -0.39 is 0 Å². The fourth-order valence-electron chi connectivity index (χ4n) is 1.97. The molecule has 1 N–H and O–H groups in total. The summed E-state index contributed by atoms with van der Waals surface area (Å²) in [6.45, 7) is 4.27. The Bertz CT molecular complexity index is 560. The molecule has 1 aromatic carbocycles. The van der Waals surface area contributed by atoms with E-state index in [1.807, 2.05) is 11.3 Å². The van der Waals surface area contributed by atoms with Crippen LogP contribution in [-0.4, -0.2) is 4.98 Å². The Hall–Kier alpha value is -1.28. The van der Waals surface area contributed by atoms with Crippen molar-refractivity contribution < 1.29 is 0 Å². The highest BCUT2D eigenvalue weighted by Gasteiger charge is 2.05. The van der Waals surface area contributed by atoms with Gasteiger partial charge in [0, 0.05) is 26.2 Å². The van der Waals surface area contributed by atoms with Gasteiger partial charge in [0.2, 0.25) is 0 Å². The molecule has 0 radical (unpaired) electrons. The van der Waals surface area contributed by atoms with Gasteiger partial charge in [-0.15, -0.1) is 11.3 Å². The maximum atomic E-state index is 3.37. The van der Waals surface area contributed by atoms with Crippen LogP contribution in [0.4, 0.5) is 0 Å². The van der Waals surface area contributed by atoms with E-state index in [0.29, 0.717) is 0 Å². The summed E-state index contributed by atoms with van der Waals surface area (Å²) in [7, 11) is 0. The van der Waals surface area contributed by atoms with Gasteiger partial charge in [-0.3, -0.25) is 0 Å². The first-order valence-corrected chi connectivity index (χ1v) is 5.54. The topological polar surface area (TPSA) is 15.8 Å². The molecule has 70 valence electrons. The highest BCUT2D eigenvalue weighted by molar-refractivity contribution is 7.20. The van der Waals surface area contributed by atoms with Crippen LogP contribution in [0.15, 0.2) is 24.3 Å². The molecule has 0 amide bonds. The van der Waals surface area contributed by atoms with Gasteiger partial charge in [0.25, 0.3) is 0 Å². The molecular weight excluding hydrogens is 190 g/mol. The summed E-state index contributed by atoms with van der Waals surface area (Å²) in [4.78, 5) is 4.75. The Kier molecular flexibility index (Phi) is 1.50. The maximum Gasteiger partial charge on any atom is 0.0470 e. The summed E-state index contributed by atoms with van der Waals surface area (Å²) in [6, 6.07) is 8.84. The van der Waals surface area contributed by atoms with Crippen LogP contribution in [0.25, 0.3) is 21.0 Å². The summed E-state index contributed by atoms with van der Waals surface area (Å²) in [5.41, 5.74) is 2.48. The van der Waals surface area contributed by atoms with Crippen molar-refractivity contribution in [3.8, 4) is 0 Å². The zero-order valence-corrected chi connectivity index (χ0v) is 9.03. The van der Waals surface area contributed by atoms with E-state index in [2.05, 4.69) is 43.1 Å². The van der Waals surface area contributed by atoms with Crippen molar-refractivity contribution in [1.82, 2.24) is 4.98 Å². The lowest BCUT2D eigenvalue weighted by molar-refractivity contribution is 1.30. The number of thiophene rings is 1. The molecule has 0 saturated heterocycles. The molecule has 0 aliphatic carbocycles. The average molecular weight is 201 g/mol. The summed E-state index contributed by atoms with van der Waals surface area (Å²) >= 11 is 1.87. The molecule has 14 heavy (non-hydrogen) atoms. The van der Waals surface area contributed by atoms with Crippen LogP contribution < -0.4 is 0 Å². The van der Waals surface area contributed by atoms with Crippen molar-refractivity contribution >= 4 is 32.3 Å². The lowest BCUT2D eigenvalue weighted by atomic mass is 10.2. The molecular formula is C12H11NS. The highest BCUT2D eigenvalue weighted by Crippen LogP contribution is 2.32. The van der Waals surface area contributed by atoms with Crippen LogP contribution in [0, 0.1) is 13.8 Å². The molecule has 3 aromatic rings. The number of hydrogen-bond donors (Lipinski definition) is 1. The first kappa shape index (κ1) is 8.06. The Morgan fingerprint density at radius 1 is 1.14 bits per heavy atom. The molecule has 0 spiro atoms. The van der Waals surface area contributed by atoms with E-state index in [-0.39, 0.29) is 0 Å². The fourth-order valence-corrected chi connectivity index (χ4v) is 3.00. The van der Waals surface area contributed by atoms with Gasteiger partial charge in [0.15, 0.2) is 0 Å². The van der Waals surface area contributed by atoms with Gasteiger partial charge < -0.3 is 4.98 Å². The Morgan fingerprint density at radius 3 is 2.86 bits per heavy atom. The van der Waals surface area contributed by atoms with Crippen molar-refractivity contribution in [2.45, 2.75) is 13.8 Å². The molecule has 0 aliphatic heterocycles. The quantitative estimate of drug-likeness (QED) is 0.566. The normalized spacial score (nSPS) is 11.6. The SMILES string of the molecule is Cc1cc2c(ccc3cc(C)sc32)[nH]1. The van der Waals surface area contributed by atoms with E-state index in [1.54, 1.807) is 0 Å². The first-order chi connectivity index (χ1) is 6.74. The van der Waals surface area contributed by atoms with Crippen molar-refractivity contribution in [3.63, 3.8) is 0 Å². The summed E-state index contributed by atoms with van der Waals surface area (Å²) < 4.78 is 1.41. The van der Waals surface area contributed by atoms with Gasteiger partial charge in [-0.25, -0.2) is 0 Å². The van der Waals surface area contributed by atoms with Crippen LogP contribution in [0.5, 0.6) is 0 Å². The number of H-pyrrole nitrogens is 1. The number of benzene rings is 1. The van der Waals surface area contributed by atoms with Crippen molar-refractivity contribution in [3.05, 3.63) is 34.8 Å². The zero-order valence-electron chi connectivity index (χ0n) is 8.22. The second kappa shape index (κ2) is 2.61. The summed E-state index contributed by atoms with van der Waals surface area (Å²) in [5, 5.41) is 2.72. The zero-order chi connectivity index (χ0) is 9.71. The van der Waals surface area contributed by atoms with Gasteiger partial charge in [-0.1, -0.05) is 6.07 Å². The molecule has 2 heterocycles. The molecule has 2 heteroatoms. The minimum absolute atomic E-state index is 1.23. The van der Waals surface area contributed by atoms with E-state index in [0.717, 1.165) is 0 Å². The minimum Gasteiger partial charge on any atom is -0.359 e. The Balaban J connectivity index is 2.58. The average Bonchev–Trinajstić information content (AvgIpc) is 2.65. The van der Waals surface area contributed by atoms with E-state index in [4.69, 9.17) is 0 Å². The van der Waals surface area contributed by atoms with Crippen molar-refractivity contribution in [2.75, 3.05) is 0 Å². The van der Waals surface area contributed by atoms with Gasteiger partial charge in [-0.2, -0.15) is 0 Å². The monoisotopic (exact) mass is 201 g/mol. The number of fused-ring (bicyclic) bond motifs is 3. The molecule has 2 aromatic heterocycles. The second-order valence-electron chi connectivity index (χ2n) is 3.75. The third kappa shape index (κ3) is 1.01. The number of nitrogens with one attached hydrogen (secondary N) is 1.